The first-order valence-electron chi connectivity index (χ1n) is 6.61. The Kier molecular flexibility index (Phi) is 4.03. The van der Waals surface area contributed by atoms with E-state index in [4.69, 9.17) is 0 Å². The molecule has 0 saturated heterocycles. The van der Waals surface area contributed by atoms with Crippen LogP contribution in [0.3, 0.4) is 0 Å². The summed E-state index contributed by atoms with van der Waals surface area (Å²) in [4.78, 5) is 0. The lowest BCUT2D eigenvalue weighted by molar-refractivity contribution is 0.473. The number of para-hydroxylation sites is 1. The van der Waals surface area contributed by atoms with Gasteiger partial charge in [0, 0.05) is 5.56 Å². The third kappa shape index (κ3) is 2.56. The molecule has 0 aliphatic rings. The fraction of sp³-hybridized carbons (Fsp3) is 0.294. The van der Waals surface area contributed by atoms with E-state index in [-0.39, 0.29) is 0 Å². The Bertz CT molecular complexity index is 529. The number of aromatic hydroxyl groups is 1. The molecular weight excluding hydrogens is 220 g/mol. The summed E-state index contributed by atoms with van der Waals surface area (Å²) in [5, 5.41) is 10.2. The summed E-state index contributed by atoms with van der Waals surface area (Å²) in [6, 6.07) is 14.3. The maximum atomic E-state index is 10.2. The quantitative estimate of drug-likeness (QED) is 0.820. The van der Waals surface area contributed by atoms with Crippen LogP contribution in [0.25, 0.3) is 11.1 Å². The van der Waals surface area contributed by atoms with Crippen molar-refractivity contribution < 1.29 is 5.11 Å². The van der Waals surface area contributed by atoms with Gasteiger partial charge in [-0.15, -0.1) is 0 Å². The number of rotatable bonds is 4. The van der Waals surface area contributed by atoms with Crippen molar-refractivity contribution in [3.05, 3.63) is 53.6 Å². The molecule has 2 aromatic carbocycles. The Morgan fingerprint density at radius 3 is 2.44 bits per heavy atom. The van der Waals surface area contributed by atoms with Crippen LogP contribution in [0, 0.1) is 6.92 Å². The molecule has 0 radical (unpaired) electrons. The minimum absolute atomic E-state index is 0.404. The van der Waals surface area contributed by atoms with Crippen molar-refractivity contribution in [1.29, 1.82) is 0 Å². The molecule has 0 fully saturated rings. The first-order chi connectivity index (χ1) is 8.74. The molecule has 1 heteroatoms. The molecule has 2 rings (SSSR count). The van der Waals surface area contributed by atoms with Crippen LogP contribution in [0.5, 0.6) is 5.75 Å². The highest BCUT2D eigenvalue weighted by atomic mass is 16.3. The topological polar surface area (TPSA) is 20.2 Å². The molecule has 0 aromatic heterocycles. The van der Waals surface area contributed by atoms with E-state index in [1.54, 1.807) is 0 Å². The second-order valence-electron chi connectivity index (χ2n) is 4.73. The Morgan fingerprint density at radius 1 is 0.944 bits per heavy atom. The Morgan fingerprint density at radius 2 is 1.67 bits per heavy atom. The van der Waals surface area contributed by atoms with E-state index in [1.165, 1.54) is 18.4 Å². The van der Waals surface area contributed by atoms with Crippen molar-refractivity contribution in [3.8, 4) is 16.9 Å². The molecule has 1 N–H and O–H groups in total. The lowest BCUT2D eigenvalue weighted by Gasteiger charge is -2.12. The second-order valence-corrected chi connectivity index (χ2v) is 4.73. The van der Waals surface area contributed by atoms with E-state index in [1.807, 2.05) is 31.2 Å². The van der Waals surface area contributed by atoms with Gasteiger partial charge in [0.1, 0.15) is 5.75 Å². The molecule has 1 nitrogen and oxygen atoms in total. The van der Waals surface area contributed by atoms with Crippen LogP contribution in [-0.2, 0) is 6.42 Å². The van der Waals surface area contributed by atoms with Gasteiger partial charge in [-0.3, -0.25) is 0 Å². The minimum atomic E-state index is 0.404. The molecule has 0 aliphatic carbocycles. The number of phenols is 1. The summed E-state index contributed by atoms with van der Waals surface area (Å²) in [6.45, 7) is 4.14. The smallest absolute Gasteiger partial charge is 0.126 e. The SMILES string of the molecule is CCCCc1ccccc1-c1cccc(C)c1O. The molecule has 0 saturated carbocycles. The van der Waals surface area contributed by atoms with E-state index in [2.05, 4.69) is 25.1 Å². The highest BCUT2D eigenvalue weighted by Crippen LogP contribution is 2.34. The third-order valence-corrected chi connectivity index (χ3v) is 3.34. The number of phenolic OH excluding ortho intramolecular Hbond substituents is 1. The van der Waals surface area contributed by atoms with E-state index < -0.39 is 0 Å². The monoisotopic (exact) mass is 240 g/mol. The molecule has 0 unspecified atom stereocenters. The molecule has 0 spiro atoms. The maximum absolute atomic E-state index is 10.2. The van der Waals surface area contributed by atoms with Crippen molar-refractivity contribution in [2.24, 2.45) is 0 Å². The fourth-order valence-electron chi connectivity index (χ4n) is 2.24. The Balaban J connectivity index is 2.46. The first-order valence-corrected chi connectivity index (χ1v) is 6.61. The zero-order valence-corrected chi connectivity index (χ0v) is 11.1. The Labute approximate surface area is 109 Å². The first kappa shape index (κ1) is 12.7. The van der Waals surface area contributed by atoms with Crippen molar-refractivity contribution in [1.82, 2.24) is 0 Å². The summed E-state index contributed by atoms with van der Waals surface area (Å²) in [7, 11) is 0. The lowest BCUT2D eigenvalue weighted by Crippen LogP contribution is -1.91. The van der Waals surface area contributed by atoms with Crippen LogP contribution < -0.4 is 0 Å². The summed E-state index contributed by atoms with van der Waals surface area (Å²) < 4.78 is 0. The van der Waals surface area contributed by atoms with Crippen LogP contribution in [0.2, 0.25) is 0 Å². The van der Waals surface area contributed by atoms with Crippen LogP contribution >= 0.6 is 0 Å². The average molecular weight is 240 g/mol. The zero-order valence-electron chi connectivity index (χ0n) is 11.1. The van der Waals surface area contributed by atoms with Gasteiger partial charge in [-0.05, 0) is 36.5 Å². The molecule has 0 bridgehead atoms. The van der Waals surface area contributed by atoms with E-state index in [0.717, 1.165) is 23.1 Å². The van der Waals surface area contributed by atoms with Gasteiger partial charge in [0.25, 0.3) is 0 Å². The molecule has 94 valence electrons. The fourth-order valence-corrected chi connectivity index (χ4v) is 2.24. The van der Waals surface area contributed by atoms with Gasteiger partial charge < -0.3 is 5.11 Å². The van der Waals surface area contributed by atoms with Crippen molar-refractivity contribution in [3.63, 3.8) is 0 Å². The summed E-state index contributed by atoms with van der Waals surface area (Å²) in [5.74, 6) is 0.404. The van der Waals surface area contributed by atoms with Crippen molar-refractivity contribution in [2.45, 2.75) is 33.1 Å². The largest absolute Gasteiger partial charge is 0.507 e. The summed E-state index contributed by atoms with van der Waals surface area (Å²) in [6.07, 6.45) is 3.44. The Hall–Kier alpha value is -1.76. The van der Waals surface area contributed by atoms with Gasteiger partial charge >= 0.3 is 0 Å². The van der Waals surface area contributed by atoms with Crippen LogP contribution in [0.1, 0.15) is 30.9 Å². The van der Waals surface area contributed by atoms with Gasteiger partial charge in [-0.25, -0.2) is 0 Å². The number of unbranched alkanes of at least 4 members (excludes halogenated alkanes) is 1. The molecule has 0 amide bonds. The lowest BCUT2D eigenvalue weighted by atomic mass is 9.94. The zero-order chi connectivity index (χ0) is 13.0. The predicted molar refractivity (Wildman–Crippen MR) is 76.9 cm³/mol. The van der Waals surface area contributed by atoms with E-state index in [9.17, 15) is 5.11 Å². The number of hydrogen-bond donors (Lipinski definition) is 1. The average Bonchev–Trinajstić information content (AvgIpc) is 2.40. The minimum Gasteiger partial charge on any atom is -0.507 e. The number of aryl methyl sites for hydroxylation is 2. The predicted octanol–water partition coefficient (Wildman–Crippen LogP) is 4.71. The highest BCUT2D eigenvalue weighted by Gasteiger charge is 2.09. The molecule has 0 aliphatic heterocycles. The second kappa shape index (κ2) is 5.72. The van der Waals surface area contributed by atoms with Crippen molar-refractivity contribution >= 4 is 0 Å². The number of hydrogen-bond acceptors (Lipinski definition) is 1. The number of benzene rings is 2. The van der Waals surface area contributed by atoms with Crippen LogP contribution in [0.15, 0.2) is 42.5 Å². The van der Waals surface area contributed by atoms with Gasteiger partial charge in [0.15, 0.2) is 0 Å². The molecule has 18 heavy (non-hydrogen) atoms. The van der Waals surface area contributed by atoms with Gasteiger partial charge in [-0.2, -0.15) is 0 Å². The third-order valence-electron chi connectivity index (χ3n) is 3.34. The molecule has 2 aromatic rings. The summed E-state index contributed by atoms with van der Waals surface area (Å²) >= 11 is 0. The maximum Gasteiger partial charge on any atom is 0.126 e. The highest BCUT2D eigenvalue weighted by molar-refractivity contribution is 5.74. The molecular formula is C17H20O. The van der Waals surface area contributed by atoms with E-state index in [0.29, 0.717) is 5.75 Å². The van der Waals surface area contributed by atoms with Gasteiger partial charge in [0.2, 0.25) is 0 Å². The molecule has 0 atom stereocenters. The van der Waals surface area contributed by atoms with Gasteiger partial charge in [-0.1, -0.05) is 55.8 Å². The van der Waals surface area contributed by atoms with Crippen LogP contribution in [-0.4, -0.2) is 5.11 Å². The van der Waals surface area contributed by atoms with Gasteiger partial charge in [0.05, 0.1) is 0 Å². The van der Waals surface area contributed by atoms with Crippen LogP contribution in [0.4, 0.5) is 0 Å². The van der Waals surface area contributed by atoms with Crippen molar-refractivity contribution in [2.75, 3.05) is 0 Å². The normalized spacial score (nSPS) is 10.6. The summed E-state index contributed by atoms with van der Waals surface area (Å²) in [5.41, 5.74) is 4.35. The van der Waals surface area contributed by atoms with E-state index >= 15 is 0 Å². The molecule has 0 heterocycles. The standard InChI is InChI=1S/C17H20O/c1-3-4-9-14-10-5-6-11-15(14)16-12-7-8-13(2)17(16)18/h5-8,10-12,18H,3-4,9H2,1-2H3.